The Hall–Kier alpha value is -8.93. The minimum atomic E-state index is -0.164. The summed E-state index contributed by atoms with van der Waals surface area (Å²) in [5.74, 6) is 2.53. The molecule has 4 heterocycles. The summed E-state index contributed by atoms with van der Waals surface area (Å²) in [7, 11) is 3.88. The fourth-order valence-corrected chi connectivity index (χ4v) is 12.3. The normalized spacial score (nSPS) is 13.6. The number of hydrogen-bond acceptors (Lipinski definition) is 6. The molecule has 2 saturated carbocycles. The van der Waals surface area contributed by atoms with Crippen LogP contribution in [-0.2, 0) is 111 Å². The number of ether oxygens (including phenoxy) is 2. The second kappa shape index (κ2) is 210. The molecule has 2 N–H and O–H groups in total. The van der Waals surface area contributed by atoms with E-state index in [4.69, 9.17) is 330 Å². The van der Waals surface area contributed by atoms with Gasteiger partial charge in [0.15, 0.2) is 0 Å². The van der Waals surface area contributed by atoms with Crippen molar-refractivity contribution in [3.63, 3.8) is 0 Å². The van der Waals surface area contributed by atoms with Crippen molar-refractivity contribution in [3.8, 4) is 0 Å². The largest absolute Gasteiger partial charge is 0.376 e. The Morgan fingerprint density at radius 2 is 0.500 bits per heavy atom. The van der Waals surface area contributed by atoms with Gasteiger partial charge in [0.25, 0.3) is 11.8 Å². The number of fused-ring (bicyclic) bond motifs is 2. The van der Waals surface area contributed by atoms with E-state index in [0.717, 1.165) is 108 Å². The third-order valence-electron chi connectivity index (χ3n) is 16.9. The van der Waals surface area contributed by atoms with Gasteiger partial charge in [0.2, 0.25) is 11.8 Å². The molecule has 0 unspecified atom stereocenters. The van der Waals surface area contributed by atoms with Crippen LogP contribution in [0.25, 0.3) is 21.8 Å². The number of nitrogens with one attached hydrogen (secondary N) is 2. The number of anilines is 2. The Balaban J connectivity index is -0.0000000442. The van der Waals surface area contributed by atoms with Crippen LogP contribution in [-0.4, -0.2) is 93.2 Å². The van der Waals surface area contributed by atoms with Gasteiger partial charge in [0.05, 0.1) is 48.6 Å². The average Bonchev–Trinajstić information content (AvgIpc) is 1.65. The predicted octanol–water partition coefficient (Wildman–Crippen LogP) is 41.2. The van der Waals surface area contributed by atoms with E-state index in [1.807, 2.05) is 132 Å². The summed E-state index contributed by atoms with van der Waals surface area (Å²) < 4.78 is 577. The number of amides is 4. The topological polar surface area (TPSA) is 127 Å². The van der Waals surface area contributed by atoms with Crippen LogP contribution in [0.2, 0.25) is 0 Å². The molecule has 2 radical (unpaired) electrons. The minimum Gasteiger partial charge on any atom is -0.376 e. The summed E-state index contributed by atoms with van der Waals surface area (Å²) in [4.78, 5) is 56.9. The van der Waals surface area contributed by atoms with Crippen LogP contribution in [0.15, 0.2) is 85.2 Å². The molecular formula is C64H80F70N6O6Y2-2. The number of benzene rings is 4. The minimum absolute atomic E-state index is 0. The monoisotopic (exact) mass is 2540 g/mol. The van der Waals surface area contributed by atoms with Crippen LogP contribution in [0, 0.1) is 49.7 Å². The van der Waals surface area contributed by atoms with Crippen molar-refractivity contribution in [2.45, 2.75) is 143 Å². The van der Waals surface area contributed by atoms with Gasteiger partial charge in [-0.2, -0.15) is 35.4 Å². The van der Waals surface area contributed by atoms with E-state index >= 15 is 0 Å². The number of rotatable bonds is 14. The molecule has 2 aliphatic heterocycles. The molecular weight excluding hydrogens is 2460 g/mol. The molecule has 4 atom stereocenters. The Morgan fingerprint density at radius 3 is 0.696 bits per heavy atom. The Morgan fingerprint density at radius 1 is 0.304 bits per heavy atom. The second-order valence-electron chi connectivity index (χ2n) is 23.2. The van der Waals surface area contributed by atoms with Crippen molar-refractivity contribution >= 4 is 56.8 Å². The quantitative estimate of drug-likeness (QED) is 0.0826. The Labute approximate surface area is 835 Å². The van der Waals surface area contributed by atoms with Gasteiger partial charge in [-0.25, -0.2) is 0 Å². The van der Waals surface area contributed by atoms with Gasteiger partial charge in [0, 0.05) is 460 Å². The zero-order valence-electron chi connectivity index (χ0n) is 73.9. The van der Waals surface area contributed by atoms with E-state index < -0.39 is 0 Å². The van der Waals surface area contributed by atoms with Crippen molar-refractivity contribution in [2.24, 2.45) is 37.8 Å². The van der Waals surface area contributed by atoms with Crippen LogP contribution < -0.4 is 10.6 Å². The molecule has 0 spiro atoms. The van der Waals surface area contributed by atoms with Crippen molar-refractivity contribution < 1.29 is 414 Å². The van der Waals surface area contributed by atoms with Crippen molar-refractivity contribution in [1.82, 2.24) is 18.9 Å². The first-order valence-corrected chi connectivity index (χ1v) is 33.1. The van der Waals surface area contributed by atoms with Crippen molar-refractivity contribution in [3.05, 3.63) is 131 Å². The molecule has 148 heavy (non-hydrogen) atoms. The number of para-hydroxylation sites is 2. The molecule has 10 rings (SSSR count). The smallest absolute Gasteiger partial charge is 0.256 e. The van der Waals surface area contributed by atoms with E-state index in [-0.39, 0.29) is 101 Å². The van der Waals surface area contributed by atoms with Gasteiger partial charge in [-0.15, -0.1) is 23.3 Å². The van der Waals surface area contributed by atoms with E-state index in [1.54, 1.807) is 0 Å². The molecule has 2 aliphatic carbocycles. The molecule has 6 aromatic rings. The van der Waals surface area contributed by atoms with E-state index in [0.29, 0.717) is 72.6 Å². The molecule has 4 aliphatic rings. The first-order valence-electron chi connectivity index (χ1n) is 33.1. The van der Waals surface area contributed by atoms with Crippen LogP contribution in [0.4, 0.5) is 332 Å². The fraction of sp³-hybridized carbons (Fsp3) is 0.500. The number of carbonyl (C=O) groups excluding carboxylic acids is 4. The molecule has 12 nitrogen and oxygen atoms in total. The number of aryl methyl sites for hydroxylation is 4. The van der Waals surface area contributed by atoms with E-state index in [9.17, 15) is 19.2 Å². The maximum atomic E-state index is 13.4. The molecule has 0 bridgehead atoms. The third-order valence-corrected chi connectivity index (χ3v) is 16.9. The maximum Gasteiger partial charge on any atom is 0.256 e. The summed E-state index contributed by atoms with van der Waals surface area (Å²) in [5, 5.41) is 7.81. The number of carbonyl (C=O) groups is 4. The summed E-state index contributed by atoms with van der Waals surface area (Å²) in [5.41, 5.74) is 8.35. The van der Waals surface area contributed by atoms with Gasteiger partial charge in [-0.1, -0.05) is 89.3 Å². The van der Waals surface area contributed by atoms with Gasteiger partial charge in [-0.3, -0.25) is 19.2 Å². The number of aromatic nitrogens is 2. The standard InChI is InChI=1S/2C32H40N3O3.35F2.2Y/c2*1-21-9-13-27(14-10-21)38-20-26-15-22(2)18-35(26)31(36)17-24-11-12-25(16-23(24)3)33-32(37)29-19-34(4)30-8-6-5-7-28(29)30;35*1-2;;/h2*5-8,11,16,19,21-22,26-27H,9-10,13-15,17-18,20H2,1-4H3,(H,33,37);;;;;;;;;;;;;;;;;;;;;;;;;;;;;;;;;;;;;/q2*-1;;;;;;;;;;;;;;;;;;;;;;;;;;;;;;;;;;;;;/t2*21?,22-,26-,27?;;;;;;;;;;;;;;;;;;;;;;;;;;;;;;;;;;;;;/m00...................................../s1. The number of likely N-dealkylation sites (tertiary alicyclic amines) is 2. The molecule has 4 amide bonds. The SMILES string of the molecule is Cc1cc(NC(=O)c2cn(C)c3ccccc23)[c-]cc1CC(=O)N1C[C@@H](C)C[C@H]1COC1CCC(C)CC1.Cc1cc(NC(=O)c2cn(C)c3ccccc23)[c-]cc1CC(=O)N1C[C@@H](C)C[C@H]1COC1CCC(C)CC1.FF.FF.FF.FF.FF.FF.FF.FF.FF.FF.FF.FF.FF.FF.FF.FF.FF.FF.FF.FF.FF.FF.FF.FF.FF.FF.FF.FF.FF.FF.FF.FF.FF.FF.FF.[Y].[Y]. The maximum absolute atomic E-state index is 13.4. The van der Waals surface area contributed by atoms with Gasteiger partial charge < -0.3 is 39.0 Å². The van der Waals surface area contributed by atoms with Crippen molar-refractivity contribution in [1.29, 1.82) is 0 Å². The van der Waals surface area contributed by atoms with Gasteiger partial charge >= 0.3 is 0 Å². The molecule has 4 fully saturated rings. The first-order chi connectivity index (χ1) is 71.6. The molecule has 84 heteroatoms. The van der Waals surface area contributed by atoms with Gasteiger partial charge in [0.1, 0.15) is 0 Å². The third kappa shape index (κ3) is 114. The summed E-state index contributed by atoms with van der Waals surface area (Å²) in [6, 6.07) is 29.9. The second-order valence-corrected chi connectivity index (χ2v) is 23.2. The van der Waals surface area contributed by atoms with Crippen LogP contribution in [0.3, 0.4) is 0 Å². The number of hydrogen-bond donors (Lipinski definition) is 2. The van der Waals surface area contributed by atoms with E-state index in [2.05, 4.69) is 50.5 Å². The Bertz CT molecular complexity index is 2970. The van der Waals surface area contributed by atoms with Crippen LogP contribution in [0.5, 0.6) is 0 Å². The summed E-state index contributed by atoms with van der Waals surface area (Å²) in [6.07, 6.45) is 16.6. The number of halogens is 70. The van der Waals surface area contributed by atoms with Gasteiger partial charge in [-0.05, 0) is 100 Å². The first kappa shape index (κ1) is 219. The zero-order chi connectivity index (χ0) is 124. The molecule has 2 saturated heterocycles. The molecule has 900 valence electrons. The van der Waals surface area contributed by atoms with Crippen molar-refractivity contribution in [2.75, 3.05) is 36.9 Å². The molecule has 2 aromatic heterocycles. The van der Waals surface area contributed by atoms with E-state index in [1.165, 1.54) is 25.7 Å². The summed E-state index contributed by atoms with van der Waals surface area (Å²) in [6.45, 7) is 15.9. The Kier molecular flexibility index (Phi) is 311. The average molecular weight is 2540 g/mol. The summed E-state index contributed by atoms with van der Waals surface area (Å²) >= 11 is 0. The van der Waals surface area contributed by atoms with Crippen LogP contribution in [0.1, 0.15) is 135 Å². The molecule has 4 aromatic carbocycles. The zero-order valence-corrected chi connectivity index (χ0v) is 79.5. The fourth-order valence-electron chi connectivity index (χ4n) is 12.3. The number of nitrogens with zero attached hydrogens (tertiary/aromatic N) is 4. The van der Waals surface area contributed by atoms with Crippen LogP contribution >= 0.6 is 0 Å². The predicted molar refractivity (Wildman–Crippen MR) is 380 cm³/mol.